The Kier molecular flexibility index (Phi) is 3.58. The molecule has 1 aromatic heterocycles. The second-order valence-corrected chi connectivity index (χ2v) is 5.73. The molecular formula is C14H20N2O4. The quantitative estimate of drug-likeness (QED) is 0.857. The van der Waals surface area contributed by atoms with E-state index < -0.39 is 17.4 Å². The Labute approximate surface area is 117 Å². The molecule has 20 heavy (non-hydrogen) atoms. The van der Waals surface area contributed by atoms with Crippen LogP contribution in [0.4, 0.5) is 0 Å². The summed E-state index contributed by atoms with van der Waals surface area (Å²) in [5, 5.41) is 15.9. The zero-order chi connectivity index (χ0) is 15.1. The van der Waals surface area contributed by atoms with E-state index in [1.165, 1.54) is 0 Å². The lowest BCUT2D eigenvalue weighted by Gasteiger charge is -2.27. The molecule has 0 radical (unpaired) electrons. The molecular weight excluding hydrogens is 260 g/mol. The maximum absolute atomic E-state index is 12.4. The van der Waals surface area contributed by atoms with E-state index in [0.29, 0.717) is 11.5 Å². The summed E-state index contributed by atoms with van der Waals surface area (Å²) in [5.41, 5.74) is 0.198. The molecule has 2 atom stereocenters. The minimum Gasteiger partial charge on any atom is -0.480 e. The van der Waals surface area contributed by atoms with Crippen LogP contribution >= 0.6 is 0 Å². The molecule has 6 heteroatoms. The van der Waals surface area contributed by atoms with E-state index >= 15 is 0 Å². The van der Waals surface area contributed by atoms with Crippen molar-refractivity contribution >= 4 is 11.9 Å². The number of hydrogen-bond donors (Lipinski definition) is 2. The van der Waals surface area contributed by atoms with Gasteiger partial charge in [0.15, 0.2) is 0 Å². The number of nitrogens with zero attached hydrogens (tertiary/aromatic N) is 1. The molecule has 0 spiro atoms. The molecule has 1 fully saturated rings. The molecule has 0 aliphatic heterocycles. The van der Waals surface area contributed by atoms with Crippen LogP contribution in [0.25, 0.3) is 0 Å². The van der Waals surface area contributed by atoms with Crippen LogP contribution in [-0.4, -0.2) is 27.7 Å². The fraction of sp³-hybridized carbons (Fsp3) is 0.643. The molecule has 0 unspecified atom stereocenters. The van der Waals surface area contributed by atoms with Gasteiger partial charge in [0.2, 0.25) is 5.91 Å². The molecule has 110 valence electrons. The molecule has 0 bridgehead atoms. The number of hydrogen-bond acceptors (Lipinski definition) is 4. The van der Waals surface area contributed by atoms with Crippen LogP contribution in [0, 0.1) is 19.8 Å². The summed E-state index contributed by atoms with van der Waals surface area (Å²) in [6, 6.07) is 0. The van der Waals surface area contributed by atoms with Crippen LogP contribution in [-0.2, 0) is 9.59 Å². The average Bonchev–Trinajstić information content (AvgIpc) is 3.16. The van der Waals surface area contributed by atoms with Gasteiger partial charge in [-0.15, -0.1) is 0 Å². The third kappa shape index (κ3) is 2.42. The number of carbonyl (C=O) groups excluding carboxylic acids is 1. The van der Waals surface area contributed by atoms with Crippen molar-refractivity contribution in [2.45, 2.75) is 52.0 Å². The monoisotopic (exact) mass is 280 g/mol. The third-order valence-corrected chi connectivity index (χ3v) is 4.14. The van der Waals surface area contributed by atoms with Crippen LogP contribution < -0.4 is 5.32 Å². The minimum atomic E-state index is -1.19. The molecule has 1 aliphatic carbocycles. The molecule has 1 saturated carbocycles. The Morgan fingerprint density at radius 1 is 1.45 bits per heavy atom. The summed E-state index contributed by atoms with van der Waals surface area (Å²) >= 11 is 0. The SMILES string of the molecule is Cc1noc(C)c1[C@H](C)C(=O)N[C@](C)(C(=O)O)C1CC1. The zero-order valence-corrected chi connectivity index (χ0v) is 12.2. The van der Waals surface area contributed by atoms with E-state index in [-0.39, 0.29) is 11.8 Å². The largest absolute Gasteiger partial charge is 0.480 e. The molecule has 1 heterocycles. The number of amides is 1. The van der Waals surface area contributed by atoms with Crippen molar-refractivity contribution in [2.75, 3.05) is 0 Å². The lowest BCUT2D eigenvalue weighted by atomic mass is 9.92. The molecule has 1 amide bonds. The average molecular weight is 280 g/mol. The molecule has 2 N–H and O–H groups in total. The van der Waals surface area contributed by atoms with Crippen LogP contribution in [0.1, 0.15) is 49.6 Å². The van der Waals surface area contributed by atoms with Gasteiger partial charge >= 0.3 is 5.97 Å². The van der Waals surface area contributed by atoms with Crippen molar-refractivity contribution in [1.29, 1.82) is 0 Å². The Bertz CT molecular complexity index is 528. The highest BCUT2D eigenvalue weighted by molar-refractivity contribution is 5.90. The summed E-state index contributed by atoms with van der Waals surface area (Å²) in [7, 11) is 0. The molecule has 0 aromatic carbocycles. The van der Waals surface area contributed by atoms with E-state index in [2.05, 4.69) is 10.5 Å². The van der Waals surface area contributed by atoms with E-state index in [1.54, 1.807) is 27.7 Å². The third-order valence-electron chi connectivity index (χ3n) is 4.14. The number of aliphatic carboxylic acids is 1. The predicted molar refractivity (Wildman–Crippen MR) is 71.3 cm³/mol. The van der Waals surface area contributed by atoms with Crippen molar-refractivity contribution in [3.63, 3.8) is 0 Å². The van der Waals surface area contributed by atoms with Gasteiger partial charge in [-0.25, -0.2) is 4.79 Å². The fourth-order valence-corrected chi connectivity index (χ4v) is 2.59. The number of rotatable bonds is 5. The van der Waals surface area contributed by atoms with Gasteiger partial charge in [0.1, 0.15) is 11.3 Å². The minimum absolute atomic E-state index is 0.0146. The number of aromatic nitrogens is 1. The van der Waals surface area contributed by atoms with Gasteiger partial charge < -0.3 is 14.9 Å². The normalized spacial score (nSPS) is 19.2. The van der Waals surface area contributed by atoms with Gasteiger partial charge in [0, 0.05) is 5.56 Å². The maximum Gasteiger partial charge on any atom is 0.329 e. The van der Waals surface area contributed by atoms with Crippen molar-refractivity contribution in [3.05, 3.63) is 17.0 Å². The van der Waals surface area contributed by atoms with Crippen LogP contribution in [0.15, 0.2) is 4.52 Å². The van der Waals surface area contributed by atoms with Crippen molar-refractivity contribution in [1.82, 2.24) is 10.5 Å². The number of nitrogens with one attached hydrogen (secondary N) is 1. The highest BCUT2D eigenvalue weighted by Gasteiger charge is 2.49. The molecule has 2 rings (SSSR count). The van der Waals surface area contributed by atoms with Gasteiger partial charge in [-0.2, -0.15) is 0 Å². The summed E-state index contributed by atoms with van der Waals surface area (Å²) < 4.78 is 5.06. The summed E-state index contributed by atoms with van der Waals surface area (Å²) in [4.78, 5) is 23.8. The number of carbonyl (C=O) groups is 2. The van der Waals surface area contributed by atoms with Gasteiger partial charge in [-0.05, 0) is 46.5 Å². The lowest BCUT2D eigenvalue weighted by molar-refractivity contribution is -0.148. The van der Waals surface area contributed by atoms with E-state index in [9.17, 15) is 14.7 Å². The zero-order valence-electron chi connectivity index (χ0n) is 12.2. The number of carboxylic acids is 1. The first-order valence-electron chi connectivity index (χ1n) is 6.75. The first-order valence-corrected chi connectivity index (χ1v) is 6.75. The van der Waals surface area contributed by atoms with Gasteiger partial charge in [0.05, 0.1) is 11.6 Å². The Balaban J connectivity index is 2.17. The topological polar surface area (TPSA) is 92.4 Å². The van der Waals surface area contributed by atoms with Crippen LogP contribution in [0.5, 0.6) is 0 Å². The molecule has 1 aromatic rings. The molecule has 1 aliphatic rings. The maximum atomic E-state index is 12.4. The Morgan fingerprint density at radius 3 is 2.45 bits per heavy atom. The van der Waals surface area contributed by atoms with E-state index in [1.807, 2.05) is 0 Å². The van der Waals surface area contributed by atoms with Crippen molar-refractivity contribution in [3.8, 4) is 0 Å². The van der Waals surface area contributed by atoms with Crippen molar-refractivity contribution < 1.29 is 19.2 Å². The fourth-order valence-electron chi connectivity index (χ4n) is 2.59. The van der Waals surface area contributed by atoms with Gasteiger partial charge in [0.25, 0.3) is 0 Å². The van der Waals surface area contributed by atoms with Crippen LogP contribution in [0.2, 0.25) is 0 Å². The standard InChI is InChI=1S/C14H20N2O4/c1-7(11-8(2)16-20-9(11)3)12(17)15-14(4,13(18)19)10-5-6-10/h7,10H,5-6H2,1-4H3,(H,15,17)(H,18,19)/t7-,14-/m0/s1. The van der Waals surface area contributed by atoms with Gasteiger partial charge in [-0.1, -0.05) is 5.16 Å². The first kappa shape index (κ1) is 14.6. The highest BCUT2D eigenvalue weighted by atomic mass is 16.5. The van der Waals surface area contributed by atoms with Crippen molar-refractivity contribution in [2.24, 2.45) is 5.92 Å². The molecule has 0 saturated heterocycles. The smallest absolute Gasteiger partial charge is 0.329 e. The Morgan fingerprint density at radius 2 is 2.05 bits per heavy atom. The summed E-state index contributed by atoms with van der Waals surface area (Å²) in [6.45, 7) is 6.82. The van der Waals surface area contributed by atoms with Gasteiger partial charge in [-0.3, -0.25) is 4.79 Å². The summed E-state index contributed by atoms with van der Waals surface area (Å²) in [6.07, 6.45) is 1.67. The predicted octanol–water partition coefficient (Wildman–Crippen LogP) is 1.76. The number of aryl methyl sites for hydroxylation is 2. The Hall–Kier alpha value is -1.85. The second kappa shape index (κ2) is 4.92. The second-order valence-electron chi connectivity index (χ2n) is 5.73. The summed E-state index contributed by atoms with van der Waals surface area (Å²) in [5.74, 6) is -1.18. The lowest BCUT2D eigenvalue weighted by Crippen LogP contribution is -2.55. The first-order chi connectivity index (χ1) is 9.27. The molecule has 6 nitrogen and oxygen atoms in total. The number of carboxylic acid groups (broad SMARTS) is 1. The van der Waals surface area contributed by atoms with E-state index in [4.69, 9.17) is 4.52 Å². The van der Waals surface area contributed by atoms with Crippen LogP contribution in [0.3, 0.4) is 0 Å². The van der Waals surface area contributed by atoms with E-state index in [0.717, 1.165) is 18.4 Å². The highest BCUT2D eigenvalue weighted by Crippen LogP contribution is 2.40.